The number of halogens is 2. The summed E-state index contributed by atoms with van der Waals surface area (Å²) in [5.41, 5.74) is 3.70. The fourth-order valence-corrected chi connectivity index (χ4v) is 3.59. The lowest BCUT2D eigenvalue weighted by atomic mass is 10.1. The number of hydrogen-bond acceptors (Lipinski definition) is 2. The molecule has 4 aromatic rings. The first-order valence-corrected chi connectivity index (χ1v) is 10.1. The molecule has 4 nitrogen and oxygen atoms in total. The van der Waals surface area contributed by atoms with Crippen molar-refractivity contribution in [3.8, 4) is 0 Å². The molecule has 1 aromatic heterocycles. The van der Waals surface area contributed by atoms with Crippen LogP contribution >= 0.6 is 23.2 Å². The Morgan fingerprint density at radius 3 is 2.48 bits per heavy atom. The number of aryl methyl sites for hydroxylation is 2. The van der Waals surface area contributed by atoms with Gasteiger partial charge in [-0.25, -0.2) is 4.98 Å². The average Bonchev–Trinajstić information content (AvgIpc) is 3.10. The summed E-state index contributed by atoms with van der Waals surface area (Å²) in [6.45, 7) is 1.10. The van der Waals surface area contributed by atoms with Crippen LogP contribution in [0.15, 0.2) is 72.8 Å². The number of benzene rings is 3. The lowest BCUT2D eigenvalue weighted by molar-refractivity contribution is 0.0949. The molecule has 0 unspecified atom stereocenters. The van der Waals surface area contributed by atoms with Crippen LogP contribution in [0, 0.1) is 0 Å². The highest BCUT2D eigenvalue weighted by Crippen LogP contribution is 2.23. The van der Waals surface area contributed by atoms with Crippen molar-refractivity contribution >= 4 is 40.1 Å². The van der Waals surface area contributed by atoms with Crippen LogP contribution in [0.5, 0.6) is 0 Å². The second-order valence-electron chi connectivity index (χ2n) is 6.72. The fourth-order valence-electron chi connectivity index (χ4n) is 3.29. The zero-order valence-corrected chi connectivity index (χ0v) is 17.1. The number of para-hydroxylation sites is 2. The van der Waals surface area contributed by atoms with Crippen LogP contribution < -0.4 is 5.32 Å². The molecular formula is C23H19Cl2N3O. The van der Waals surface area contributed by atoms with Crippen molar-refractivity contribution < 1.29 is 4.79 Å². The van der Waals surface area contributed by atoms with Gasteiger partial charge in [-0.3, -0.25) is 4.79 Å². The highest BCUT2D eigenvalue weighted by atomic mass is 35.5. The van der Waals surface area contributed by atoms with Crippen molar-refractivity contribution in [3.63, 3.8) is 0 Å². The summed E-state index contributed by atoms with van der Waals surface area (Å²) < 4.78 is 2.16. The van der Waals surface area contributed by atoms with E-state index in [1.54, 1.807) is 18.2 Å². The quantitative estimate of drug-likeness (QED) is 0.443. The van der Waals surface area contributed by atoms with Gasteiger partial charge in [0.05, 0.1) is 27.6 Å². The largest absolute Gasteiger partial charge is 0.345 e. The Bertz CT molecular complexity index is 1160. The van der Waals surface area contributed by atoms with Gasteiger partial charge in [0.1, 0.15) is 5.82 Å². The van der Waals surface area contributed by atoms with E-state index in [9.17, 15) is 4.79 Å². The predicted molar refractivity (Wildman–Crippen MR) is 118 cm³/mol. The number of nitrogens with zero attached hydrogens (tertiary/aromatic N) is 2. The van der Waals surface area contributed by atoms with E-state index in [-0.39, 0.29) is 5.91 Å². The van der Waals surface area contributed by atoms with Crippen LogP contribution in [-0.4, -0.2) is 15.5 Å². The van der Waals surface area contributed by atoms with Crippen LogP contribution in [0.3, 0.4) is 0 Å². The molecule has 1 heterocycles. The summed E-state index contributed by atoms with van der Waals surface area (Å²) in [4.78, 5) is 17.3. The van der Waals surface area contributed by atoms with E-state index < -0.39 is 0 Å². The minimum absolute atomic E-state index is 0.217. The number of imidazole rings is 1. The van der Waals surface area contributed by atoms with E-state index >= 15 is 0 Å². The maximum Gasteiger partial charge on any atom is 0.251 e. The Hall–Kier alpha value is -2.82. The van der Waals surface area contributed by atoms with Gasteiger partial charge in [-0.1, -0.05) is 65.7 Å². The fraction of sp³-hybridized carbons (Fsp3) is 0.130. The Morgan fingerprint density at radius 1 is 0.931 bits per heavy atom. The molecule has 4 rings (SSSR count). The van der Waals surface area contributed by atoms with Gasteiger partial charge in [0.2, 0.25) is 0 Å². The lowest BCUT2D eigenvalue weighted by Crippen LogP contribution is -2.25. The number of hydrogen-bond donors (Lipinski definition) is 1. The molecule has 0 bridgehead atoms. The number of nitrogens with one attached hydrogen (secondary N) is 1. The molecule has 0 radical (unpaired) electrons. The second-order valence-corrected chi connectivity index (χ2v) is 7.53. The predicted octanol–water partition coefficient (Wildman–Crippen LogP) is 5.52. The summed E-state index contributed by atoms with van der Waals surface area (Å²) in [6, 6.07) is 23.2. The first kappa shape index (κ1) is 19.5. The molecule has 0 saturated heterocycles. The van der Waals surface area contributed by atoms with Crippen molar-refractivity contribution in [1.82, 2.24) is 14.9 Å². The van der Waals surface area contributed by atoms with E-state index in [0.717, 1.165) is 29.8 Å². The number of fused-ring (bicyclic) bond motifs is 1. The van der Waals surface area contributed by atoms with Crippen LogP contribution in [0.4, 0.5) is 0 Å². The minimum atomic E-state index is -0.217. The Kier molecular flexibility index (Phi) is 5.84. The standard InChI is InChI=1S/C23H19Cl2N3O/c24-18-11-10-17(14-19(18)25)23(29)26-15-22-27-20-8-4-5-9-21(20)28(22)13-12-16-6-2-1-3-7-16/h1-11,14H,12-13,15H2,(H,26,29). The lowest BCUT2D eigenvalue weighted by Gasteiger charge is -2.11. The summed E-state index contributed by atoms with van der Waals surface area (Å²) >= 11 is 12.0. The molecule has 0 aliphatic rings. The van der Waals surface area contributed by atoms with Crippen molar-refractivity contribution in [2.75, 3.05) is 0 Å². The molecule has 0 saturated carbocycles. The second kappa shape index (κ2) is 8.68. The van der Waals surface area contributed by atoms with Crippen molar-refractivity contribution in [3.05, 3.63) is 99.8 Å². The first-order valence-electron chi connectivity index (χ1n) is 9.33. The monoisotopic (exact) mass is 423 g/mol. The van der Waals surface area contributed by atoms with E-state index in [1.165, 1.54) is 5.56 Å². The van der Waals surface area contributed by atoms with E-state index in [0.29, 0.717) is 22.2 Å². The highest BCUT2D eigenvalue weighted by Gasteiger charge is 2.13. The smallest absolute Gasteiger partial charge is 0.251 e. The van der Waals surface area contributed by atoms with Gasteiger partial charge in [-0.2, -0.15) is 0 Å². The van der Waals surface area contributed by atoms with Crippen LogP contribution in [0.1, 0.15) is 21.7 Å². The Balaban J connectivity index is 1.54. The minimum Gasteiger partial charge on any atom is -0.345 e. The molecular weight excluding hydrogens is 405 g/mol. The third-order valence-electron chi connectivity index (χ3n) is 4.79. The number of amides is 1. The van der Waals surface area contributed by atoms with Crippen molar-refractivity contribution in [2.24, 2.45) is 0 Å². The zero-order valence-electron chi connectivity index (χ0n) is 15.6. The molecule has 3 aromatic carbocycles. The Labute approximate surface area is 179 Å². The Morgan fingerprint density at radius 2 is 1.69 bits per heavy atom. The summed E-state index contributed by atoms with van der Waals surface area (Å²) in [7, 11) is 0. The van der Waals surface area contributed by atoms with Gasteiger partial charge in [-0.05, 0) is 42.3 Å². The SMILES string of the molecule is O=C(NCc1nc2ccccc2n1CCc1ccccc1)c1ccc(Cl)c(Cl)c1. The van der Waals surface area contributed by atoms with Crippen LogP contribution in [0.2, 0.25) is 10.0 Å². The number of rotatable bonds is 6. The maximum absolute atomic E-state index is 12.5. The molecule has 0 spiro atoms. The maximum atomic E-state index is 12.5. The summed E-state index contributed by atoms with van der Waals surface area (Å²) in [5, 5.41) is 3.72. The van der Waals surface area contributed by atoms with Gasteiger partial charge in [0, 0.05) is 12.1 Å². The molecule has 146 valence electrons. The molecule has 0 aliphatic carbocycles. The zero-order chi connectivity index (χ0) is 20.2. The molecule has 6 heteroatoms. The summed E-state index contributed by atoms with van der Waals surface area (Å²) in [5.74, 6) is 0.598. The third kappa shape index (κ3) is 4.44. The van der Waals surface area contributed by atoms with E-state index in [1.807, 2.05) is 36.4 Å². The van der Waals surface area contributed by atoms with Gasteiger partial charge >= 0.3 is 0 Å². The molecule has 0 fully saturated rings. The molecule has 1 N–H and O–H groups in total. The number of carbonyl (C=O) groups is 1. The van der Waals surface area contributed by atoms with Crippen molar-refractivity contribution in [2.45, 2.75) is 19.5 Å². The molecule has 0 aliphatic heterocycles. The van der Waals surface area contributed by atoms with Gasteiger partial charge < -0.3 is 9.88 Å². The van der Waals surface area contributed by atoms with Crippen LogP contribution in [-0.2, 0) is 19.5 Å². The van der Waals surface area contributed by atoms with Gasteiger partial charge in [0.15, 0.2) is 0 Å². The average molecular weight is 424 g/mol. The third-order valence-corrected chi connectivity index (χ3v) is 5.53. The summed E-state index contributed by atoms with van der Waals surface area (Å²) in [6.07, 6.45) is 0.884. The first-order chi connectivity index (χ1) is 14.1. The molecule has 0 atom stereocenters. The van der Waals surface area contributed by atoms with Gasteiger partial charge in [0.25, 0.3) is 5.91 Å². The molecule has 29 heavy (non-hydrogen) atoms. The normalized spacial score (nSPS) is 11.0. The van der Waals surface area contributed by atoms with Crippen LogP contribution in [0.25, 0.3) is 11.0 Å². The number of aromatic nitrogens is 2. The number of carbonyl (C=O) groups excluding carboxylic acids is 1. The van der Waals surface area contributed by atoms with E-state index in [4.69, 9.17) is 28.2 Å². The van der Waals surface area contributed by atoms with E-state index in [2.05, 4.69) is 28.1 Å². The van der Waals surface area contributed by atoms with Crippen molar-refractivity contribution in [1.29, 1.82) is 0 Å². The highest BCUT2D eigenvalue weighted by molar-refractivity contribution is 6.42. The topological polar surface area (TPSA) is 46.9 Å². The van der Waals surface area contributed by atoms with Gasteiger partial charge in [-0.15, -0.1) is 0 Å². The molecule has 1 amide bonds.